The van der Waals surface area contributed by atoms with Gasteiger partial charge in [0, 0.05) is 28.9 Å². The van der Waals surface area contributed by atoms with E-state index in [9.17, 15) is 5.11 Å². The fraction of sp³-hybridized carbons (Fsp3) is 0.160. The van der Waals surface area contributed by atoms with Crippen molar-refractivity contribution in [2.24, 2.45) is 4.99 Å². The molecule has 1 aliphatic rings. The molecule has 27 heavy (non-hydrogen) atoms. The normalized spacial score (nSPS) is 14.8. The van der Waals surface area contributed by atoms with Crippen molar-refractivity contribution in [2.45, 2.75) is 25.3 Å². The summed E-state index contributed by atoms with van der Waals surface area (Å²) in [7, 11) is 0. The molecule has 1 saturated carbocycles. The average Bonchev–Trinajstić information content (AvgIpc) is 2.66. The minimum absolute atomic E-state index is 0.307. The number of fused-ring (bicyclic) bond motifs is 2. The van der Waals surface area contributed by atoms with Crippen LogP contribution in [0, 0.1) is 0 Å². The molecular weight excluding hydrogens is 330 g/mol. The Balaban J connectivity index is 1.76. The van der Waals surface area contributed by atoms with Crippen molar-refractivity contribution in [2.75, 3.05) is 0 Å². The van der Waals surface area contributed by atoms with Crippen LogP contribution in [0.5, 0.6) is 5.75 Å². The SMILES string of the molecule is Oc1c(C=NC2CCC2)cccc1-c1c2ccccc2cc2ccccc12. The van der Waals surface area contributed by atoms with E-state index in [2.05, 4.69) is 59.6 Å². The summed E-state index contributed by atoms with van der Waals surface area (Å²) < 4.78 is 0. The van der Waals surface area contributed by atoms with Crippen LogP contribution in [0.2, 0.25) is 0 Å². The van der Waals surface area contributed by atoms with Gasteiger partial charge in [-0.1, -0.05) is 60.7 Å². The maximum Gasteiger partial charge on any atom is 0.132 e. The smallest absolute Gasteiger partial charge is 0.132 e. The van der Waals surface area contributed by atoms with Crippen molar-refractivity contribution < 1.29 is 5.11 Å². The summed E-state index contributed by atoms with van der Waals surface area (Å²) in [5, 5.41) is 15.7. The first kappa shape index (κ1) is 16.1. The number of para-hydroxylation sites is 1. The first-order chi connectivity index (χ1) is 13.3. The summed E-state index contributed by atoms with van der Waals surface area (Å²) >= 11 is 0. The van der Waals surface area contributed by atoms with Crippen LogP contribution >= 0.6 is 0 Å². The van der Waals surface area contributed by atoms with Gasteiger partial charge in [-0.15, -0.1) is 0 Å². The molecule has 4 aromatic rings. The molecule has 0 aliphatic heterocycles. The summed E-state index contributed by atoms with van der Waals surface area (Å²) in [6.45, 7) is 0. The second-order valence-electron chi connectivity index (χ2n) is 7.30. The van der Waals surface area contributed by atoms with Crippen molar-refractivity contribution in [1.29, 1.82) is 0 Å². The van der Waals surface area contributed by atoms with Gasteiger partial charge in [0.05, 0.1) is 0 Å². The third kappa shape index (κ3) is 2.78. The Morgan fingerprint density at radius 1 is 0.815 bits per heavy atom. The van der Waals surface area contributed by atoms with Crippen molar-refractivity contribution in [3.8, 4) is 16.9 Å². The van der Waals surface area contributed by atoms with Crippen LogP contribution in [-0.2, 0) is 0 Å². The number of hydrogen-bond acceptors (Lipinski definition) is 2. The molecule has 1 fully saturated rings. The predicted octanol–water partition coefficient (Wildman–Crippen LogP) is 6.34. The number of nitrogens with zero attached hydrogens (tertiary/aromatic N) is 1. The van der Waals surface area contributed by atoms with E-state index in [1.807, 2.05) is 24.4 Å². The maximum atomic E-state index is 11.1. The first-order valence-electron chi connectivity index (χ1n) is 9.57. The van der Waals surface area contributed by atoms with E-state index in [4.69, 9.17) is 0 Å². The molecule has 1 N–H and O–H groups in total. The lowest BCUT2D eigenvalue weighted by atomic mass is 9.90. The quantitative estimate of drug-likeness (QED) is 0.339. The third-order valence-corrected chi connectivity index (χ3v) is 5.61. The van der Waals surface area contributed by atoms with Crippen LogP contribution in [0.1, 0.15) is 24.8 Å². The molecule has 2 nitrogen and oxygen atoms in total. The molecular formula is C25H21NO. The topological polar surface area (TPSA) is 32.6 Å². The summed E-state index contributed by atoms with van der Waals surface area (Å²) in [6, 6.07) is 25.3. The van der Waals surface area contributed by atoms with E-state index >= 15 is 0 Å². The first-order valence-corrected chi connectivity index (χ1v) is 9.57. The zero-order valence-electron chi connectivity index (χ0n) is 15.1. The van der Waals surface area contributed by atoms with E-state index in [0.29, 0.717) is 11.8 Å². The molecule has 2 heteroatoms. The summed E-state index contributed by atoms with van der Waals surface area (Å²) in [6.07, 6.45) is 5.42. The van der Waals surface area contributed by atoms with E-state index in [-0.39, 0.29) is 0 Å². The molecule has 5 rings (SSSR count). The number of aromatic hydroxyl groups is 1. The van der Waals surface area contributed by atoms with Crippen LogP contribution in [0.4, 0.5) is 0 Å². The number of phenolic OH excluding ortho intramolecular Hbond substituents is 1. The Hall–Kier alpha value is -3.13. The lowest BCUT2D eigenvalue weighted by Gasteiger charge is -2.20. The molecule has 0 heterocycles. The van der Waals surface area contributed by atoms with Crippen LogP contribution in [0.3, 0.4) is 0 Å². The Kier molecular flexibility index (Phi) is 3.90. The summed E-state index contributed by atoms with van der Waals surface area (Å²) in [5.74, 6) is 0.307. The van der Waals surface area contributed by atoms with Crippen molar-refractivity contribution in [3.05, 3.63) is 78.4 Å². The van der Waals surface area contributed by atoms with Gasteiger partial charge in [-0.3, -0.25) is 4.99 Å². The minimum Gasteiger partial charge on any atom is -0.507 e. The van der Waals surface area contributed by atoms with E-state index in [1.54, 1.807) is 0 Å². The molecule has 0 bridgehead atoms. The number of hydrogen-bond donors (Lipinski definition) is 1. The van der Waals surface area contributed by atoms with Gasteiger partial charge in [-0.05, 0) is 52.9 Å². The average molecular weight is 351 g/mol. The largest absolute Gasteiger partial charge is 0.507 e. The molecule has 0 aromatic heterocycles. The van der Waals surface area contributed by atoms with Crippen molar-refractivity contribution in [3.63, 3.8) is 0 Å². The van der Waals surface area contributed by atoms with Gasteiger partial charge in [0.2, 0.25) is 0 Å². The Labute approximate surface area is 158 Å². The monoisotopic (exact) mass is 351 g/mol. The number of rotatable bonds is 3. The Bertz CT molecular complexity index is 1120. The Morgan fingerprint density at radius 3 is 2.11 bits per heavy atom. The highest BCUT2D eigenvalue weighted by Crippen LogP contribution is 2.41. The second kappa shape index (κ2) is 6.55. The predicted molar refractivity (Wildman–Crippen MR) is 114 cm³/mol. The lowest BCUT2D eigenvalue weighted by molar-refractivity contribution is 0.421. The zero-order valence-corrected chi connectivity index (χ0v) is 15.1. The second-order valence-corrected chi connectivity index (χ2v) is 7.30. The standard InChI is InChI=1S/C25H21NO/c27-25-19(16-26-20-10-6-11-20)9-5-14-23(25)24-21-12-3-1-7-17(21)15-18-8-2-4-13-22(18)24/h1-5,7-9,12-16,20,27H,6,10-11H2. The van der Waals surface area contributed by atoms with Gasteiger partial charge in [0.1, 0.15) is 5.75 Å². The lowest BCUT2D eigenvalue weighted by Crippen LogP contribution is -2.14. The van der Waals surface area contributed by atoms with E-state index in [1.165, 1.54) is 17.2 Å². The van der Waals surface area contributed by atoms with Crippen LogP contribution in [0.25, 0.3) is 32.7 Å². The molecule has 0 amide bonds. The van der Waals surface area contributed by atoms with Gasteiger partial charge < -0.3 is 5.11 Å². The molecule has 0 unspecified atom stereocenters. The van der Waals surface area contributed by atoms with Gasteiger partial charge in [-0.25, -0.2) is 0 Å². The van der Waals surface area contributed by atoms with Gasteiger partial charge >= 0.3 is 0 Å². The maximum absolute atomic E-state index is 11.1. The summed E-state index contributed by atoms with van der Waals surface area (Å²) in [4.78, 5) is 4.63. The van der Waals surface area contributed by atoms with E-state index in [0.717, 1.165) is 40.3 Å². The van der Waals surface area contributed by atoms with Gasteiger partial charge in [-0.2, -0.15) is 0 Å². The highest BCUT2D eigenvalue weighted by Gasteiger charge is 2.17. The third-order valence-electron chi connectivity index (χ3n) is 5.61. The zero-order chi connectivity index (χ0) is 18.2. The highest BCUT2D eigenvalue weighted by atomic mass is 16.3. The fourth-order valence-electron chi connectivity index (χ4n) is 3.89. The number of aliphatic imine (C=N–C) groups is 1. The molecule has 1 aliphatic carbocycles. The van der Waals surface area contributed by atoms with Gasteiger partial charge in [0.25, 0.3) is 0 Å². The van der Waals surface area contributed by atoms with Crippen molar-refractivity contribution in [1.82, 2.24) is 0 Å². The number of benzene rings is 4. The van der Waals surface area contributed by atoms with Crippen LogP contribution in [-0.4, -0.2) is 17.4 Å². The van der Waals surface area contributed by atoms with Crippen LogP contribution in [0.15, 0.2) is 77.8 Å². The minimum atomic E-state index is 0.307. The van der Waals surface area contributed by atoms with E-state index < -0.39 is 0 Å². The van der Waals surface area contributed by atoms with Crippen LogP contribution < -0.4 is 0 Å². The molecule has 4 aromatic carbocycles. The number of phenols is 1. The molecule has 0 spiro atoms. The van der Waals surface area contributed by atoms with Crippen molar-refractivity contribution >= 4 is 27.8 Å². The highest BCUT2D eigenvalue weighted by molar-refractivity contribution is 6.14. The Morgan fingerprint density at radius 2 is 1.48 bits per heavy atom. The summed E-state index contributed by atoms with van der Waals surface area (Å²) in [5.41, 5.74) is 2.73. The fourth-order valence-corrected chi connectivity index (χ4v) is 3.89. The van der Waals surface area contributed by atoms with Gasteiger partial charge in [0.15, 0.2) is 0 Å². The molecule has 0 radical (unpaired) electrons. The molecule has 0 saturated heterocycles. The molecule has 132 valence electrons. The molecule has 0 atom stereocenters.